The van der Waals surface area contributed by atoms with E-state index in [2.05, 4.69) is 5.10 Å². The summed E-state index contributed by atoms with van der Waals surface area (Å²) in [6, 6.07) is 5.32. The van der Waals surface area contributed by atoms with Crippen molar-refractivity contribution in [3.05, 3.63) is 46.2 Å². The van der Waals surface area contributed by atoms with Crippen molar-refractivity contribution in [2.45, 2.75) is 13.5 Å². The van der Waals surface area contributed by atoms with Gasteiger partial charge in [-0.15, -0.1) is 0 Å². The van der Waals surface area contributed by atoms with Crippen molar-refractivity contribution in [1.82, 2.24) is 9.78 Å². The minimum Gasteiger partial charge on any atom is -0.487 e. The molecule has 0 spiro atoms. The number of ether oxygens (including phenoxy) is 1. The van der Waals surface area contributed by atoms with Gasteiger partial charge in [0.25, 0.3) is 0 Å². The van der Waals surface area contributed by atoms with Crippen LogP contribution in [0.5, 0.6) is 5.75 Å². The van der Waals surface area contributed by atoms with Crippen molar-refractivity contribution in [3.63, 3.8) is 0 Å². The zero-order valence-corrected chi connectivity index (χ0v) is 11.3. The fourth-order valence-electron chi connectivity index (χ4n) is 1.69. The summed E-state index contributed by atoms with van der Waals surface area (Å²) < 4.78 is 7.11. The number of benzene rings is 1. The Morgan fingerprint density at radius 2 is 2.26 bits per heavy atom. The van der Waals surface area contributed by atoms with Crippen molar-refractivity contribution in [2.24, 2.45) is 7.05 Å². The Labute approximate surface area is 115 Å². The number of halogens is 1. The summed E-state index contributed by atoms with van der Waals surface area (Å²) in [6.45, 7) is 2.02. The topological polar surface area (TPSA) is 64.3 Å². The number of carboxylic acids is 1. The first-order valence-electron chi connectivity index (χ1n) is 5.62. The van der Waals surface area contributed by atoms with Gasteiger partial charge in [0.15, 0.2) is 0 Å². The zero-order valence-electron chi connectivity index (χ0n) is 10.6. The van der Waals surface area contributed by atoms with Gasteiger partial charge in [-0.3, -0.25) is 4.68 Å². The van der Waals surface area contributed by atoms with E-state index in [1.54, 1.807) is 19.2 Å². The number of aryl methyl sites for hydroxylation is 2. The number of hydrogen-bond acceptors (Lipinski definition) is 3. The van der Waals surface area contributed by atoms with Crippen LogP contribution in [0.25, 0.3) is 0 Å². The van der Waals surface area contributed by atoms with Crippen LogP contribution in [0.15, 0.2) is 24.4 Å². The van der Waals surface area contributed by atoms with Gasteiger partial charge >= 0.3 is 5.97 Å². The molecule has 19 heavy (non-hydrogen) atoms. The van der Waals surface area contributed by atoms with Crippen LogP contribution in [0.2, 0.25) is 5.02 Å². The van der Waals surface area contributed by atoms with Crippen molar-refractivity contribution in [2.75, 3.05) is 0 Å². The number of nitrogens with zero attached hydrogens (tertiary/aromatic N) is 2. The number of hydrogen-bond donors (Lipinski definition) is 1. The van der Waals surface area contributed by atoms with Crippen molar-refractivity contribution in [1.29, 1.82) is 0 Å². The van der Waals surface area contributed by atoms with E-state index in [4.69, 9.17) is 21.4 Å². The highest BCUT2D eigenvalue weighted by molar-refractivity contribution is 6.30. The van der Waals surface area contributed by atoms with E-state index in [1.165, 1.54) is 10.9 Å². The van der Waals surface area contributed by atoms with Crippen LogP contribution in [0.4, 0.5) is 0 Å². The minimum atomic E-state index is -1.02. The second-order valence-corrected chi connectivity index (χ2v) is 4.57. The summed E-state index contributed by atoms with van der Waals surface area (Å²) in [5.74, 6) is -0.389. The van der Waals surface area contributed by atoms with Gasteiger partial charge in [-0.2, -0.15) is 5.10 Å². The van der Waals surface area contributed by atoms with E-state index in [0.29, 0.717) is 16.5 Å². The maximum absolute atomic E-state index is 11.0. The Bertz CT molecular complexity index is 622. The van der Waals surface area contributed by atoms with Gasteiger partial charge in [-0.1, -0.05) is 17.7 Å². The average molecular weight is 281 g/mol. The molecule has 2 aromatic rings. The number of rotatable bonds is 4. The predicted octanol–water partition coefficient (Wildman–Crippen LogP) is 2.66. The SMILES string of the molecule is Cc1ccc(Cl)cc1OCc1c(C(=O)O)cnn1C. The number of carboxylic acid groups (broad SMARTS) is 1. The van der Waals surface area contributed by atoms with E-state index >= 15 is 0 Å². The van der Waals surface area contributed by atoms with Gasteiger partial charge in [0.05, 0.1) is 11.9 Å². The van der Waals surface area contributed by atoms with Crippen molar-refractivity contribution < 1.29 is 14.6 Å². The molecule has 0 radical (unpaired) electrons. The van der Waals surface area contributed by atoms with Crippen molar-refractivity contribution >= 4 is 17.6 Å². The lowest BCUT2D eigenvalue weighted by atomic mass is 10.2. The summed E-state index contributed by atoms with van der Waals surface area (Å²) in [6.07, 6.45) is 1.31. The van der Waals surface area contributed by atoms with Gasteiger partial charge in [0.1, 0.15) is 17.9 Å². The molecule has 0 saturated heterocycles. The Balaban J connectivity index is 2.21. The average Bonchev–Trinajstić information content (AvgIpc) is 2.72. The molecule has 0 bridgehead atoms. The van der Waals surface area contributed by atoms with E-state index in [-0.39, 0.29) is 12.2 Å². The number of aromatic carboxylic acids is 1. The van der Waals surface area contributed by atoms with Gasteiger partial charge in [-0.25, -0.2) is 4.79 Å². The van der Waals surface area contributed by atoms with Crippen LogP contribution in [-0.4, -0.2) is 20.9 Å². The normalized spacial score (nSPS) is 10.5. The second kappa shape index (κ2) is 5.32. The molecule has 0 aliphatic carbocycles. The van der Waals surface area contributed by atoms with Crippen LogP contribution >= 0.6 is 11.6 Å². The molecule has 0 atom stereocenters. The van der Waals surface area contributed by atoms with Gasteiger partial charge < -0.3 is 9.84 Å². The highest BCUT2D eigenvalue weighted by Crippen LogP contribution is 2.23. The molecule has 0 fully saturated rings. The largest absolute Gasteiger partial charge is 0.487 e. The molecule has 0 amide bonds. The first-order valence-corrected chi connectivity index (χ1v) is 6.00. The Kier molecular flexibility index (Phi) is 3.76. The third kappa shape index (κ3) is 2.88. The van der Waals surface area contributed by atoms with Crippen LogP contribution in [0.1, 0.15) is 21.6 Å². The fraction of sp³-hybridized carbons (Fsp3) is 0.231. The molecule has 1 aromatic carbocycles. The maximum atomic E-state index is 11.0. The van der Waals surface area contributed by atoms with Gasteiger partial charge in [0, 0.05) is 12.1 Å². The van der Waals surface area contributed by atoms with Crippen LogP contribution < -0.4 is 4.74 Å². The molecule has 0 aliphatic heterocycles. The maximum Gasteiger partial charge on any atom is 0.339 e. The monoisotopic (exact) mass is 280 g/mol. The molecule has 1 aromatic heterocycles. The lowest BCUT2D eigenvalue weighted by molar-refractivity contribution is 0.0693. The third-order valence-corrected chi connectivity index (χ3v) is 3.04. The smallest absolute Gasteiger partial charge is 0.339 e. The Morgan fingerprint density at radius 1 is 1.53 bits per heavy atom. The third-order valence-electron chi connectivity index (χ3n) is 2.81. The molecule has 0 aliphatic rings. The van der Waals surface area contributed by atoms with Crippen molar-refractivity contribution in [3.8, 4) is 5.75 Å². The number of carbonyl (C=O) groups is 1. The summed E-state index contributed by atoms with van der Waals surface area (Å²) in [7, 11) is 1.68. The first-order chi connectivity index (χ1) is 8.99. The molecule has 1 heterocycles. The highest BCUT2D eigenvalue weighted by atomic mass is 35.5. The molecule has 5 nitrogen and oxygen atoms in total. The molecular weight excluding hydrogens is 268 g/mol. The quantitative estimate of drug-likeness (QED) is 0.935. The van der Waals surface area contributed by atoms with Crippen LogP contribution in [0.3, 0.4) is 0 Å². The van der Waals surface area contributed by atoms with E-state index in [1.807, 2.05) is 13.0 Å². The summed E-state index contributed by atoms with van der Waals surface area (Å²) in [5, 5.41) is 13.5. The molecule has 100 valence electrons. The molecule has 0 saturated carbocycles. The van der Waals surface area contributed by atoms with Gasteiger partial charge in [0.2, 0.25) is 0 Å². The first kappa shape index (κ1) is 13.4. The van der Waals surface area contributed by atoms with E-state index in [0.717, 1.165) is 5.56 Å². The lowest BCUT2D eigenvalue weighted by Crippen LogP contribution is -2.08. The summed E-state index contributed by atoms with van der Waals surface area (Å²) in [5.41, 5.74) is 1.58. The Morgan fingerprint density at radius 3 is 2.95 bits per heavy atom. The zero-order chi connectivity index (χ0) is 14.0. The standard InChI is InChI=1S/C13H13ClN2O3/c1-8-3-4-9(14)5-12(8)19-7-11-10(13(17)18)6-15-16(11)2/h3-6H,7H2,1-2H3,(H,17,18). The molecule has 0 unspecified atom stereocenters. The predicted molar refractivity (Wildman–Crippen MR) is 70.7 cm³/mol. The van der Waals surface area contributed by atoms with Crippen LogP contribution in [-0.2, 0) is 13.7 Å². The highest BCUT2D eigenvalue weighted by Gasteiger charge is 2.15. The molecule has 6 heteroatoms. The van der Waals surface area contributed by atoms with Crippen LogP contribution in [0, 0.1) is 6.92 Å². The van der Waals surface area contributed by atoms with E-state index < -0.39 is 5.97 Å². The second-order valence-electron chi connectivity index (χ2n) is 4.13. The minimum absolute atomic E-state index is 0.124. The van der Waals surface area contributed by atoms with E-state index in [9.17, 15) is 4.79 Å². The number of aromatic nitrogens is 2. The molecule has 2 rings (SSSR count). The fourth-order valence-corrected chi connectivity index (χ4v) is 1.85. The Hall–Kier alpha value is -2.01. The van der Waals surface area contributed by atoms with Gasteiger partial charge in [-0.05, 0) is 24.6 Å². The molecule has 1 N–H and O–H groups in total. The lowest BCUT2D eigenvalue weighted by Gasteiger charge is -2.10. The molecular formula is C13H13ClN2O3. The summed E-state index contributed by atoms with van der Waals surface area (Å²) >= 11 is 5.90. The summed E-state index contributed by atoms with van der Waals surface area (Å²) in [4.78, 5) is 11.0.